The van der Waals surface area contributed by atoms with E-state index >= 15 is 0 Å². The van der Waals surface area contributed by atoms with Crippen LogP contribution in [0.2, 0.25) is 0 Å². The van der Waals surface area contributed by atoms with Crippen LogP contribution in [0.25, 0.3) is 0 Å². The predicted octanol–water partition coefficient (Wildman–Crippen LogP) is 4.21. The highest BCUT2D eigenvalue weighted by Crippen LogP contribution is 2.26. The predicted molar refractivity (Wildman–Crippen MR) is 106 cm³/mol. The summed E-state index contributed by atoms with van der Waals surface area (Å²) in [6.07, 6.45) is 0.631. The molecule has 0 aliphatic carbocycles. The van der Waals surface area contributed by atoms with Gasteiger partial charge in [-0.05, 0) is 59.6 Å². The van der Waals surface area contributed by atoms with Crippen LogP contribution in [0.3, 0.4) is 0 Å². The van der Waals surface area contributed by atoms with Gasteiger partial charge in [-0.15, -0.1) is 0 Å². The van der Waals surface area contributed by atoms with Crippen LogP contribution in [0, 0.1) is 11.6 Å². The van der Waals surface area contributed by atoms with Crippen molar-refractivity contribution >= 4 is 27.7 Å². The number of benzene rings is 2. The summed E-state index contributed by atoms with van der Waals surface area (Å²) < 4.78 is 27.7. The van der Waals surface area contributed by atoms with Crippen molar-refractivity contribution in [1.29, 1.82) is 0 Å². The molecule has 1 atom stereocenters. The Kier molecular flexibility index (Phi) is 6.44. The summed E-state index contributed by atoms with van der Waals surface area (Å²) in [6, 6.07) is 10.4. The maximum Gasteiger partial charge on any atom is 0.253 e. The largest absolute Gasteiger partial charge is 0.340 e. The summed E-state index contributed by atoms with van der Waals surface area (Å²) in [5.74, 6) is -1.77. The van der Waals surface area contributed by atoms with Crippen molar-refractivity contribution in [1.82, 2.24) is 9.80 Å². The van der Waals surface area contributed by atoms with Crippen molar-refractivity contribution in [3.8, 4) is 0 Å². The summed E-state index contributed by atoms with van der Waals surface area (Å²) in [5.41, 5.74) is 0.772. The summed E-state index contributed by atoms with van der Waals surface area (Å²) >= 11 is 3.15. The number of hydrogen-bond acceptors (Lipinski definition) is 2. The SMILES string of the molecule is CC(C(=O)N1CCCN(C(=O)c2ccc(F)cc2)CC1)c1cccc(Br)c1F. The standard InChI is InChI=1S/C21H21BrF2N2O2/c1-14(17-4-2-5-18(22)19(17)24)20(27)25-10-3-11-26(13-12-25)21(28)15-6-8-16(23)9-7-15/h2,4-9,14H,3,10-13H2,1H3. The summed E-state index contributed by atoms with van der Waals surface area (Å²) in [6.45, 7) is 3.48. The third-order valence-electron chi connectivity index (χ3n) is 5.00. The minimum atomic E-state index is -0.614. The van der Waals surface area contributed by atoms with E-state index in [2.05, 4.69) is 15.9 Å². The lowest BCUT2D eigenvalue weighted by Gasteiger charge is -2.25. The van der Waals surface area contributed by atoms with E-state index in [-0.39, 0.29) is 11.8 Å². The van der Waals surface area contributed by atoms with Crippen LogP contribution in [-0.2, 0) is 4.79 Å². The van der Waals surface area contributed by atoms with E-state index in [0.717, 1.165) is 0 Å². The fraction of sp³-hybridized carbons (Fsp3) is 0.333. The highest BCUT2D eigenvalue weighted by Gasteiger charge is 2.28. The normalized spacial score (nSPS) is 15.9. The van der Waals surface area contributed by atoms with Gasteiger partial charge in [0, 0.05) is 37.3 Å². The van der Waals surface area contributed by atoms with Crippen molar-refractivity contribution in [2.75, 3.05) is 26.2 Å². The lowest BCUT2D eigenvalue weighted by atomic mass is 9.99. The number of amides is 2. The van der Waals surface area contributed by atoms with Crippen LogP contribution in [0.15, 0.2) is 46.9 Å². The zero-order valence-electron chi connectivity index (χ0n) is 15.5. The Bertz CT molecular complexity index is 873. The molecule has 2 aromatic carbocycles. The Labute approximate surface area is 171 Å². The van der Waals surface area contributed by atoms with Gasteiger partial charge in [-0.3, -0.25) is 9.59 Å². The van der Waals surface area contributed by atoms with Gasteiger partial charge in [0.05, 0.1) is 10.4 Å². The van der Waals surface area contributed by atoms with Gasteiger partial charge < -0.3 is 9.80 Å². The Balaban J connectivity index is 1.67. The lowest BCUT2D eigenvalue weighted by molar-refractivity contribution is -0.132. The van der Waals surface area contributed by atoms with E-state index in [9.17, 15) is 18.4 Å². The maximum atomic E-state index is 14.3. The molecule has 1 aliphatic heterocycles. The second-order valence-corrected chi connectivity index (χ2v) is 7.70. The molecular formula is C21H21BrF2N2O2. The fourth-order valence-electron chi connectivity index (χ4n) is 3.38. The molecule has 28 heavy (non-hydrogen) atoms. The summed E-state index contributed by atoms with van der Waals surface area (Å²) in [7, 11) is 0. The van der Waals surface area contributed by atoms with E-state index in [1.165, 1.54) is 24.3 Å². The molecule has 0 radical (unpaired) electrons. The number of nitrogens with zero attached hydrogens (tertiary/aromatic N) is 2. The first-order chi connectivity index (χ1) is 13.4. The second kappa shape index (κ2) is 8.82. The van der Waals surface area contributed by atoms with Crippen molar-refractivity contribution < 1.29 is 18.4 Å². The third-order valence-corrected chi connectivity index (χ3v) is 5.62. The molecule has 1 fully saturated rings. The molecule has 148 valence electrons. The molecule has 1 aliphatic rings. The average molecular weight is 451 g/mol. The fourth-order valence-corrected chi connectivity index (χ4v) is 3.76. The smallest absolute Gasteiger partial charge is 0.253 e. The zero-order valence-corrected chi connectivity index (χ0v) is 17.1. The molecule has 1 heterocycles. The highest BCUT2D eigenvalue weighted by molar-refractivity contribution is 9.10. The number of carbonyl (C=O) groups is 2. The molecule has 2 aromatic rings. The summed E-state index contributed by atoms with van der Waals surface area (Å²) in [5, 5.41) is 0. The molecule has 0 spiro atoms. The maximum absolute atomic E-state index is 14.3. The van der Waals surface area contributed by atoms with E-state index in [0.29, 0.717) is 48.2 Å². The zero-order chi connectivity index (χ0) is 20.3. The van der Waals surface area contributed by atoms with Crippen molar-refractivity contribution in [3.05, 3.63) is 69.7 Å². The van der Waals surface area contributed by atoms with Gasteiger partial charge in [0.2, 0.25) is 5.91 Å². The Hall–Kier alpha value is -2.28. The monoisotopic (exact) mass is 450 g/mol. The lowest BCUT2D eigenvalue weighted by Crippen LogP contribution is -2.39. The first kappa shape index (κ1) is 20.5. The molecule has 2 amide bonds. The van der Waals surface area contributed by atoms with Gasteiger partial charge in [0.15, 0.2) is 0 Å². The number of rotatable bonds is 3. The van der Waals surface area contributed by atoms with Gasteiger partial charge in [-0.25, -0.2) is 8.78 Å². The van der Waals surface area contributed by atoms with Gasteiger partial charge in [0.1, 0.15) is 11.6 Å². The van der Waals surface area contributed by atoms with Crippen molar-refractivity contribution in [3.63, 3.8) is 0 Å². The highest BCUT2D eigenvalue weighted by atomic mass is 79.9. The number of hydrogen-bond donors (Lipinski definition) is 0. The first-order valence-electron chi connectivity index (χ1n) is 9.16. The molecule has 3 rings (SSSR count). The van der Waals surface area contributed by atoms with Crippen LogP contribution in [0.4, 0.5) is 8.78 Å². The molecule has 1 unspecified atom stereocenters. The van der Waals surface area contributed by atoms with Crippen LogP contribution < -0.4 is 0 Å². The van der Waals surface area contributed by atoms with Crippen LogP contribution in [0.1, 0.15) is 35.2 Å². The van der Waals surface area contributed by atoms with Gasteiger partial charge >= 0.3 is 0 Å². The Morgan fingerprint density at radius 1 is 0.964 bits per heavy atom. The minimum Gasteiger partial charge on any atom is -0.340 e. The number of halogens is 3. The Morgan fingerprint density at radius 2 is 1.61 bits per heavy atom. The average Bonchev–Trinajstić information content (AvgIpc) is 2.95. The first-order valence-corrected chi connectivity index (χ1v) is 9.95. The molecule has 0 aromatic heterocycles. The van der Waals surface area contributed by atoms with Gasteiger partial charge in [-0.1, -0.05) is 12.1 Å². The van der Waals surface area contributed by atoms with Crippen LogP contribution in [0.5, 0.6) is 0 Å². The van der Waals surface area contributed by atoms with E-state index in [4.69, 9.17) is 0 Å². The van der Waals surface area contributed by atoms with Gasteiger partial charge in [0.25, 0.3) is 5.91 Å². The summed E-state index contributed by atoms with van der Waals surface area (Å²) in [4.78, 5) is 28.9. The van der Waals surface area contributed by atoms with Crippen molar-refractivity contribution in [2.24, 2.45) is 0 Å². The third kappa shape index (κ3) is 4.41. The molecule has 0 saturated carbocycles. The van der Waals surface area contributed by atoms with Crippen LogP contribution in [-0.4, -0.2) is 47.8 Å². The molecule has 7 heteroatoms. The van der Waals surface area contributed by atoms with E-state index in [1.54, 1.807) is 34.9 Å². The molecule has 4 nitrogen and oxygen atoms in total. The Morgan fingerprint density at radius 3 is 2.32 bits per heavy atom. The van der Waals surface area contributed by atoms with E-state index < -0.39 is 17.6 Å². The molecule has 0 bridgehead atoms. The number of carbonyl (C=O) groups excluding carboxylic acids is 2. The minimum absolute atomic E-state index is 0.159. The molecule has 0 N–H and O–H groups in total. The van der Waals surface area contributed by atoms with E-state index in [1.807, 2.05) is 0 Å². The van der Waals surface area contributed by atoms with Crippen molar-refractivity contribution in [2.45, 2.75) is 19.3 Å². The van der Waals surface area contributed by atoms with Crippen LogP contribution >= 0.6 is 15.9 Å². The molecule has 1 saturated heterocycles. The van der Waals surface area contributed by atoms with Gasteiger partial charge in [-0.2, -0.15) is 0 Å². The quantitative estimate of drug-likeness (QED) is 0.702. The second-order valence-electron chi connectivity index (χ2n) is 6.84. The molecular weight excluding hydrogens is 430 g/mol. The topological polar surface area (TPSA) is 40.6 Å².